The molecule has 0 unspecified atom stereocenters. The second kappa shape index (κ2) is 7.77. The maximum atomic E-state index is 12.7. The molecule has 1 atom stereocenters. The molecule has 3 aromatic rings. The van der Waals surface area contributed by atoms with E-state index in [9.17, 15) is 9.59 Å². The number of benzene rings is 2. The molecular formula is C20H18ClN3O3S. The number of carbonyl (C=O) groups excluding carboxylic acids is 2. The van der Waals surface area contributed by atoms with Gasteiger partial charge in [0.1, 0.15) is 5.75 Å². The molecule has 1 N–H and O–H groups in total. The number of hydrogen-bond acceptors (Lipinski definition) is 5. The van der Waals surface area contributed by atoms with Gasteiger partial charge in [0.25, 0.3) is 0 Å². The van der Waals surface area contributed by atoms with Gasteiger partial charge in [-0.25, -0.2) is 4.98 Å². The Hall–Kier alpha value is -2.64. The van der Waals surface area contributed by atoms with E-state index in [4.69, 9.17) is 16.3 Å². The number of nitrogens with one attached hydrogen (secondary N) is 1. The first-order valence-corrected chi connectivity index (χ1v) is 9.99. The van der Waals surface area contributed by atoms with E-state index < -0.39 is 5.92 Å². The minimum atomic E-state index is -0.406. The zero-order valence-corrected chi connectivity index (χ0v) is 16.7. The highest BCUT2D eigenvalue weighted by molar-refractivity contribution is 7.22. The third-order valence-corrected chi connectivity index (χ3v) is 6.03. The number of halogens is 1. The molecule has 0 aliphatic carbocycles. The summed E-state index contributed by atoms with van der Waals surface area (Å²) in [6, 6.07) is 13.0. The standard InChI is InChI=1S/C20H18ClN3O3S/c1-27-14-6-7-16-17(9-14)28-20(22-16)23-19(26)13-8-18(25)24(11-13)10-12-4-2-3-5-15(12)21/h2-7,9,13H,8,10-11H2,1H3,(H,22,23,26)/t13-/m0/s1. The van der Waals surface area contributed by atoms with Gasteiger partial charge in [-0.1, -0.05) is 41.1 Å². The first-order valence-electron chi connectivity index (χ1n) is 8.80. The molecule has 1 aliphatic rings. The van der Waals surface area contributed by atoms with Gasteiger partial charge >= 0.3 is 0 Å². The van der Waals surface area contributed by atoms with E-state index in [1.54, 1.807) is 18.1 Å². The molecule has 144 valence electrons. The van der Waals surface area contributed by atoms with Crippen LogP contribution in [-0.2, 0) is 16.1 Å². The third kappa shape index (κ3) is 3.81. The molecule has 2 heterocycles. The summed E-state index contributed by atoms with van der Waals surface area (Å²) in [5, 5.41) is 3.99. The van der Waals surface area contributed by atoms with Gasteiger partial charge in [0.2, 0.25) is 11.8 Å². The number of ether oxygens (including phenoxy) is 1. The summed E-state index contributed by atoms with van der Waals surface area (Å²) in [5.41, 5.74) is 1.67. The lowest BCUT2D eigenvalue weighted by molar-refractivity contribution is -0.128. The Morgan fingerprint density at radius 3 is 2.96 bits per heavy atom. The van der Waals surface area contributed by atoms with Crippen LogP contribution in [0.1, 0.15) is 12.0 Å². The number of nitrogens with zero attached hydrogens (tertiary/aromatic N) is 2. The van der Waals surface area contributed by atoms with E-state index in [1.165, 1.54) is 11.3 Å². The van der Waals surface area contributed by atoms with Gasteiger partial charge in [0.15, 0.2) is 5.13 Å². The normalized spacial score (nSPS) is 16.6. The lowest BCUT2D eigenvalue weighted by Gasteiger charge is -2.17. The van der Waals surface area contributed by atoms with Crippen LogP contribution in [0, 0.1) is 5.92 Å². The Morgan fingerprint density at radius 1 is 1.36 bits per heavy atom. The van der Waals surface area contributed by atoms with Gasteiger partial charge in [0, 0.05) is 24.5 Å². The molecule has 8 heteroatoms. The number of rotatable bonds is 5. The second-order valence-corrected chi connectivity index (χ2v) is 8.05. The van der Waals surface area contributed by atoms with Crippen molar-refractivity contribution in [1.82, 2.24) is 9.88 Å². The second-order valence-electron chi connectivity index (χ2n) is 6.61. The summed E-state index contributed by atoms with van der Waals surface area (Å²) in [6.45, 7) is 0.776. The van der Waals surface area contributed by atoms with Crippen LogP contribution in [-0.4, -0.2) is 35.4 Å². The fourth-order valence-electron chi connectivity index (χ4n) is 3.23. The van der Waals surface area contributed by atoms with Crippen molar-refractivity contribution >= 4 is 50.1 Å². The Balaban J connectivity index is 1.43. The van der Waals surface area contributed by atoms with Gasteiger partial charge < -0.3 is 15.0 Å². The Bertz CT molecular complexity index is 1050. The van der Waals surface area contributed by atoms with E-state index in [-0.39, 0.29) is 18.2 Å². The number of thiazole rings is 1. The highest BCUT2D eigenvalue weighted by atomic mass is 35.5. The van der Waals surface area contributed by atoms with Gasteiger partial charge in [-0.3, -0.25) is 9.59 Å². The minimum absolute atomic E-state index is 0.0471. The van der Waals surface area contributed by atoms with Crippen LogP contribution < -0.4 is 10.1 Å². The summed E-state index contributed by atoms with van der Waals surface area (Å²) in [7, 11) is 1.61. The number of amides is 2. The molecule has 2 aromatic carbocycles. The van der Waals surface area contributed by atoms with Crippen molar-refractivity contribution in [3.8, 4) is 5.75 Å². The third-order valence-electron chi connectivity index (χ3n) is 4.73. The first kappa shape index (κ1) is 18.7. The average molecular weight is 416 g/mol. The topological polar surface area (TPSA) is 71.5 Å². The Labute approximate surface area is 171 Å². The van der Waals surface area contributed by atoms with Crippen LogP contribution in [0.3, 0.4) is 0 Å². The van der Waals surface area contributed by atoms with Gasteiger partial charge in [-0.15, -0.1) is 0 Å². The van der Waals surface area contributed by atoms with Gasteiger partial charge in [-0.05, 0) is 29.8 Å². The smallest absolute Gasteiger partial charge is 0.231 e. The maximum Gasteiger partial charge on any atom is 0.231 e. The molecular weight excluding hydrogens is 398 g/mol. The average Bonchev–Trinajstić information content (AvgIpc) is 3.25. The van der Waals surface area contributed by atoms with Gasteiger partial charge in [0.05, 0.1) is 23.2 Å². The zero-order chi connectivity index (χ0) is 19.7. The van der Waals surface area contributed by atoms with Gasteiger partial charge in [-0.2, -0.15) is 0 Å². The fourth-order valence-corrected chi connectivity index (χ4v) is 4.32. The quantitative estimate of drug-likeness (QED) is 0.685. The maximum absolute atomic E-state index is 12.7. The zero-order valence-electron chi connectivity index (χ0n) is 15.1. The van der Waals surface area contributed by atoms with Crippen LogP contribution in [0.25, 0.3) is 10.2 Å². The van der Waals surface area contributed by atoms with Crippen LogP contribution in [0.2, 0.25) is 5.02 Å². The number of aromatic nitrogens is 1. The summed E-state index contributed by atoms with van der Waals surface area (Å²) < 4.78 is 6.14. The highest BCUT2D eigenvalue weighted by Gasteiger charge is 2.34. The van der Waals surface area contributed by atoms with Crippen molar-refractivity contribution < 1.29 is 14.3 Å². The van der Waals surface area contributed by atoms with Crippen molar-refractivity contribution in [2.24, 2.45) is 5.92 Å². The molecule has 1 aliphatic heterocycles. The largest absolute Gasteiger partial charge is 0.497 e. The summed E-state index contributed by atoms with van der Waals surface area (Å²) in [4.78, 5) is 31.1. The van der Waals surface area contributed by atoms with Crippen LogP contribution in [0.15, 0.2) is 42.5 Å². The Kier molecular flexibility index (Phi) is 5.19. The molecule has 0 bridgehead atoms. The van der Waals surface area contributed by atoms with E-state index in [2.05, 4.69) is 10.3 Å². The van der Waals surface area contributed by atoms with Crippen molar-refractivity contribution in [1.29, 1.82) is 0 Å². The van der Waals surface area contributed by atoms with E-state index in [0.29, 0.717) is 23.2 Å². The lowest BCUT2D eigenvalue weighted by Crippen LogP contribution is -2.28. The number of anilines is 1. The van der Waals surface area contributed by atoms with Crippen molar-refractivity contribution in [2.45, 2.75) is 13.0 Å². The Morgan fingerprint density at radius 2 is 2.18 bits per heavy atom. The molecule has 1 fully saturated rings. The number of carbonyl (C=O) groups is 2. The number of methoxy groups -OCH3 is 1. The summed E-state index contributed by atoms with van der Waals surface area (Å²) in [5.74, 6) is 0.0947. The molecule has 28 heavy (non-hydrogen) atoms. The molecule has 6 nitrogen and oxygen atoms in total. The molecule has 0 radical (unpaired) electrons. The van der Waals surface area contributed by atoms with Crippen LogP contribution >= 0.6 is 22.9 Å². The molecule has 1 aromatic heterocycles. The summed E-state index contributed by atoms with van der Waals surface area (Å²) in [6.07, 6.45) is 0.189. The minimum Gasteiger partial charge on any atom is -0.497 e. The number of fused-ring (bicyclic) bond motifs is 1. The molecule has 4 rings (SSSR count). The van der Waals surface area contributed by atoms with E-state index in [1.807, 2.05) is 36.4 Å². The van der Waals surface area contributed by atoms with Crippen molar-refractivity contribution in [3.05, 3.63) is 53.1 Å². The van der Waals surface area contributed by atoms with E-state index in [0.717, 1.165) is 21.5 Å². The van der Waals surface area contributed by atoms with E-state index >= 15 is 0 Å². The SMILES string of the molecule is COc1ccc2nc(NC(=O)[C@H]3CC(=O)N(Cc4ccccc4Cl)C3)sc2c1. The van der Waals surface area contributed by atoms with Crippen LogP contribution in [0.4, 0.5) is 5.13 Å². The monoisotopic (exact) mass is 415 g/mol. The molecule has 1 saturated heterocycles. The predicted octanol–water partition coefficient (Wildman–Crippen LogP) is 3.95. The fraction of sp³-hybridized carbons (Fsp3) is 0.250. The van der Waals surface area contributed by atoms with Crippen molar-refractivity contribution in [2.75, 3.05) is 19.0 Å². The molecule has 2 amide bonds. The predicted molar refractivity (Wildman–Crippen MR) is 110 cm³/mol. The number of likely N-dealkylation sites (tertiary alicyclic amines) is 1. The molecule has 0 spiro atoms. The number of hydrogen-bond donors (Lipinski definition) is 1. The molecule has 0 saturated carbocycles. The first-order chi connectivity index (χ1) is 13.5. The lowest BCUT2D eigenvalue weighted by atomic mass is 10.1. The summed E-state index contributed by atoms with van der Waals surface area (Å²) >= 11 is 7.56. The highest BCUT2D eigenvalue weighted by Crippen LogP contribution is 2.30. The van der Waals surface area contributed by atoms with Crippen molar-refractivity contribution in [3.63, 3.8) is 0 Å². The van der Waals surface area contributed by atoms with Crippen LogP contribution in [0.5, 0.6) is 5.75 Å².